The third-order valence-electron chi connectivity index (χ3n) is 2.45. The Morgan fingerprint density at radius 1 is 1.50 bits per heavy atom. The molecule has 1 atom stereocenters. The monoisotopic (exact) mass is 220 g/mol. The molecule has 0 aliphatic carbocycles. The quantitative estimate of drug-likeness (QED) is 0.731. The van der Waals surface area contributed by atoms with Crippen molar-refractivity contribution in [2.24, 2.45) is 0 Å². The molecule has 1 heterocycles. The lowest BCUT2D eigenvalue weighted by Crippen LogP contribution is -2.05. The van der Waals surface area contributed by atoms with Crippen LogP contribution in [0.4, 0.5) is 0 Å². The molecule has 0 N–H and O–H groups in total. The number of aryl methyl sites for hydroxylation is 1. The predicted molar refractivity (Wildman–Crippen MR) is 61.3 cm³/mol. The van der Waals surface area contributed by atoms with Crippen LogP contribution in [0.25, 0.3) is 4.85 Å². The SMILES string of the molecule is [C-]#[N+]C(C)c1c(COC)cnc(C)c1OC. The molecule has 0 saturated carbocycles. The van der Waals surface area contributed by atoms with Gasteiger partial charge in [-0.15, -0.1) is 0 Å². The van der Waals surface area contributed by atoms with Crippen LogP contribution in [0, 0.1) is 13.5 Å². The van der Waals surface area contributed by atoms with Gasteiger partial charge < -0.3 is 14.3 Å². The van der Waals surface area contributed by atoms with Crippen molar-refractivity contribution in [3.63, 3.8) is 0 Å². The van der Waals surface area contributed by atoms with Gasteiger partial charge >= 0.3 is 0 Å². The van der Waals surface area contributed by atoms with Crippen molar-refractivity contribution < 1.29 is 9.47 Å². The van der Waals surface area contributed by atoms with E-state index in [0.29, 0.717) is 12.4 Å². The van der Waals surface area contributed by atoms with Gasteiger partial charge in [0.25, 0.3) is 0 Å². The summed E-state index contributed by atoms with van der Waals surface area (Å²) < 4.78 is 10.4. The highest BCUT2D eigenvalue weighted by molar-refractivity contribution is 5.44. The summed E-state index contributed by atoms with van der Waals surface area (Å²) >= 11 is 0. The van der Waals surface area contributed by atoms with Gasteiger partial charge in [-0.2, -0.15) is 0 Å². The van der Waals surface area contributed by atoms with Crippen LogP contribution in [0.2, 0.25) is 0 Å². The molecular formula is C12H16N2O2. The van der Waals surface area contributed by atoms with Crippen molar-refractivity contribution >= 4 is 0 Å². The van der Waals surface area contributed by atoms with Crippen molar-refractivity contribution in [2.45, 2.75) is 26.5 Å². The predicted octanol–water partition coefficient (Wildman–Crippen LogP) is 2.53. The van der Waals surface area contributed by atoms with E-state index in [1.165, 1.54) is 0 Å². The lowest BCUT2D eigenvalue weighted by atomic mass is 10.0. The van der Waals surface area contributed by atoms with Gasteiger partial charge in [-0.25, -0.2) is 6.57 Å². The molecule has 0 aliphatic rings. The first-order valence-corrected chi connectivity index (χ1v) is 5.03. The molecule has 0 spiro atoms. The number of pyridine rings is 1. The summed E-state index contributed by atoms with van der Waals surface area (Å²) in [4.78, 5) is 7.78. The number of nitrogens with zero attached hydrogens (tertiary/aromatic N) is 2. The number of hydrogen-bond acceptors (Lipinski definition) is 3. The lowest BCUT2D eigenvalue weighted by Gasteiger charge is -2.14. The molecule has 86 valence electrons. The smallest absolute Gasteiger partial charge is 0.250 e. The first-order chi connectivity index (χ1) is 7.65. The summed E-state index contributed by atoms with van der Waals surface area (Å²) in [6.45, 7) is 11.3. The number of aromatic nitrogens is 1. The van der Waals surface area contributed by atoms with Crippen molar-refractivity contribution in [2.75, 3.05) is 14.2 Å². The van der Waals surface area contributed by atoms with Crippen LogP contribution in [-0.4, -0.2) is 19.2 Å². The van der Waals surface area contributed by atoms with E-state index in [1.54, 1.807) is 20.4 Å². The molecule has 1 unspecified atom stereocenters. The Morgan fingerprint density at radius 2 is 2.19 bits per heavy atom. The molecule has 1 aromatic heterocycles. The normalized spacial score (nSPS) is 11.9. The van der Waals surface area contributed by atoms with E-state index in [-0.39, 0.29) is 6.04 Å². The molecule has 0 saturated heterocycles. The molecule has 0 radical (unpaired) electrons. The van der Waals surface area contributed by atoms with E-state index in [2.05, 4.69) is 9.83 Å². The third-order valence-corrected chi connectivity index (χ3v) is 2.45. The Kier molecular flexibility index (Phi) is 4.27. The maximum atomic E-state index is 7.13. The van der Waals surface area contributed by atoms with E-state index in [1.807, 2.05) is 13.8 Å². The highest BCUT2D eigenvalue weighted by atomic mass is 16.5. The number of hydrogen-bond donors (Lipinski definition) is 0. The summed E-state index contributed by atoms with van der Waals surface area (Å²) in [6, 6.07) is -0.248. The van der Waals surface area contributed by atoms with Gasteiger partial charge in [-0.1, -0.05) is 0 Å². The minimum Gasteiger partial charge on any atom is -0.494 e. The highest BCUT2D eigenvalue weighted by Gasteiger charge is 2.22. The standard InChI is InChI=1S/C12H16N2O2/c1-8(13-3)11-10(7-15-4)6-14-9(2)12(11)16-5/h6,8H,7H2,1-2,4-5H3. The fourth-order valence-corrected chi connectivity index (χ4v) is 1.69. The Balaban J connectivity index is 3.36. The molecule has 0 bridgehead atoms. The largest absolute Gasteiger partial charge is 0.494 e. The first-order valence-electron chi connectivity index (χ1n) is 5.03. The molecule has 4 nitrogen and oxygen atoms in total. The first kappa shape index (κ1) is 12.5. The Hall–Kier alpha value is -1.60. The molecule has 16 heavy (non-hydrogen) atoms. The van der Waals surface area contributed by atoms with Crippen molar-refractivity contribution in [3.8, 4) is 5.75 Å². The van der Waals surface area contributed by atoms with Crippen LogP contribution in [0.5, 0.6) is 5.75 Å². The van der Waals surface area contributed by atoms with Gasteiger partial charge in [0.05, 0.1) is 25.0 Å². The molecule has 0 aromatic carbocycles. The van der Waals surface area contributed by atoms with Crippen molar-refractivity contribution in [1.82, 2.24) is 4.98 Å². The molecule has 0 aliphatic heterocycles. The Labute approximate surface area is 96.0 Å². The Morgan fingerprint density at radius 3 is 2.69 bits per heavy atom. The fraction of sp³-hybridized carbons (Fsp3) is 0.500. The van der Waals surface area contributed by atoms with Gasteiger partial charge in [-0.3, -0.25) is 4.98 Å². The zero-order valence-corrected chi connectivity index (χ0v) is 10.1. The number of rotatable bonds is 4. The van der Waals surface area contributed by atoms with E-state index in [9.17, 15) is 0 Å². The summed E-state index contributed by atoms with van der Waals surface area (Å²) in [7, 11) is 3.22. The summed E-state index contributed by atoms with van der Waals surface area (Å²) in [6.07, 6.45) is 1.75. The van der Waals surface area contributed by atoms with Crippen LogP contribution in [0.1, 0.15) is 29.8 Å². The van der Waals surface area contributed by atoms with Crippen LogP contribution in [0.15, 0.2) is 6.20 Å². The zero-order chi connectivity index (χ0) is 12.1. The Bertz CT molecular complexity index is 410. The molecule has 1 aromatic rings. The lowest BCUT2D eigenvalue weighted by molar-refractivity contribution is 0.183. The fourth-order valence-electron chi connectivity index (χ4n) is 1.69. The average molecular weight is 220 g/mol. The van der Waals surface area contributed by atoms with Gasteiger partial charge in [0, 0.05) is 25.8 Å². The minimum atomic E-state index is -0.248. The zero-order valence-electron chi connectivity index (χ0n) is 10.1. The number of methoxy groups -OCH3 is 2. The van der Waals surface area contributed by atoms with Crippen LogP contribution in [0.3, 0.4) is 0 Å². The van der Waals surface area contributed by atoms with Crippen molar-refractivity contribution in [3.05, 3.63) is 34.4 Å². The molecule has 1 rings (SSSR count). The number of ether oxygens (including phenoxy) is 2. The highest BCUT2D eigenvalue weighted by Crippen LogP contribution is 2.32. The topological polar surface area (TPSA) is 35.7 Å². The van der Waals surface area contributed by atoms with Gasteiger partial charge in [0.2, 0.25) is 6.04 Å². The van der Waals surface area contributed by atoms with Crippen LogP contribution >= 0.6 is 0 Å². The summed E-state index contributed by atoms with van der Waals surface area (Å²) in [5.74, 6) is 0.693. The van der Waals surface area contributed by atoms with Crippen LogP contribution < -0.4 is 4.74 Å². The minimum absolute atomic E-state index is 0.248. The molecule has 0 amide bonds. The summed E-state index contributed by atoms with van der Waals surface area (Å²) in [5, 5.41) is 0. The van der Waals surface area contributed by atoms with Gasteiger partial charge in [-0.05, 0) is 6.92 Å². The second kappa shape index (κ2) is 5.47. The van der Waals surface area contributed by atoms with E-state index in [4.69, 9.17) is 16.0 Å². The molecule has 0 fully saturated rings. The maximum Gasteiger partial charge on any atom is 0.250 e. The van der Waals surface area contributed by atoms with Gasteiger partial charge in [0.1, 0.15) is 0 Å². The molecule has 4 heteroatoms. The van der Waals surface area contributed by atoms with Gasteiger partial charge in [0.15, 0.2) is 5.75 Å². The average Bonchev–Trinajstić information content (AvgIpc) is 2.30. The third kappa shape index (κ3) is 2.31. The summed E-state index contributed by atoms with van der Waals surface area (Å²) in [5.41, 5.74) is 2.59. The van der Waals surface area contributed by atoms with E-state index >= 15 is 0 Å². The molecular weight excluding hydrogens is 204 g/mol. The second-order valence-electron chi connectivity index (χ2n) is 3.55. The van der Waals surface area contributed by atoms with E-state index < -0.39 is 0 Å². The maximum absolute atomic E-state index is 7.13. The van der Waals surface area contributed by atoms with Crippen molar-refractivity contribution in [1.29, 1.82) is 0 Å². The van der Waals surface area contributed by atoms with E-state index in [0.717, 1.165) is 16.8 Å². The van der Waals surface area contributed by atoms with Crippen LogP contribution in [-0.2, 0) is 11.3 Å². The second-order valence-corrected chi connectivity index (χ2v) is 3.55.